The van der Waals surface area contributed by atoms with Crippen LogP contribution in [-0.2, 0) is 0 Å². The van der Waals surface area contributed by atoms with Crippen LogP contribution in [-0.4, -0.2) is 16.7 Å². The average molecular weight is 236 g/mol. The molecule has 0 unspecified atom stereocenters. The lowest BCUT2D eigenvalue weighted by molar-refractivity contribution is 1.07. The summed E-state index contributed by atoms with van der Waals surface area (Å²) in [5.41, 5.74) is 3.18. The lowest BCUT2D eigenvalue weighted by Crippen LogP contribution is -1.97. The summed E-state index contributed by atoms with van der Waals surface area (Å²) in [7, 11) is 0. The van der Waals surface area contributed by atoms with Crippen molar-refractivity contribution in [3.8, 4) is 11.3 Å². The lowest BCUT2D eigenvalue weighted by atomic mass is 10.1. The first kappa shape index (κ1) is 11.0. The van der Waals surface area contributed by atoms with Crippen molar-refractivity contribution in [3.63, 3.8) is 0 Å². The maximum Gasteiger partial charge on any atom is 0.151 e. The highest BCUT2D eigenvalue weighted by Crippen LogP contribution is 2.27. The summed E-state index contributed by atoms with van der Waals surface area (Å²) < 4.78 is 0. The number of hydrogen-bond donors (Lipinski definition) is 2. The molecule has 0 radical (unpaired) electrons. The summed E-state index contributed by atoms with van der Waals surface area (Å²) in [6.45, 7) is 4.95. The third-order valence-corrected chi connectivity index (χ3v) is 2.70. The quantitative estimate of drug-likeness (QED) is 0.855. The Morgan fingerprint density at radius 3 is 2.94 bits per heavy atom. The standard InChI is InChI=1S/C12H14ClN3/c1-3-14-12-8(2)11(15-16-12)9-5-4-6-10(13)7-9/h4-7H,3H2,1-2H3,(H2,14,15,16). The highest BCUT2D eigenvalue weighted by atomic mass is 35.5. The van der Waals surface area contributed by atoms with E-state index in [1.807, 2.05) is 38.1 Å². The van der Waals surface area contributed by atoms with Crippen LogP contribution < -0.4 is 5.32 Å². The first-order valence-electron chi connectivity index (χ1n) is 5.27. The number of hydrogen-bond acceptors (Lipinski definition) is 2. The molecule has 4 heteroatoms. The van der Waals surface area contributed by atoms with E-state index in [2.05, 4.69) is 15.5 Å². The molecule has 3 nitrogen and oxygen atoms in total. The average Bonchev–Trinajstić information content (AvgIpc) is 2.61. The van der Waals surface area contributed by atoms with E-state index in [-0.39, 0.29) is 0 Å². The molecular formula is C12H14ClN3. The Morgan fingerprint density at radius 1 is 1.44 bits per heavy atom. The van der Waals surface area contributed by atoms with E-state index in [0.717, 1.165) is 34.2 Å². The van der Waals surface area contributed by atoms with Gasteiger partial charge in [0, 0.05) is 22.7 Å². The summed E-state index contributed by atoms with van der Waals surface area (Å²) in [4.78, 5) is 0. The fourth-order valence-corrected chi connectivity index (χ4v) is 1.85. The predicted molar refractivity (Wildman–Crippen MR) is 67.9 cm³/mol. The molecule has 16 heavy (non-hydrogen) atoms. The minimum atomic E-state index is 0.733. The van der Waals surface area contributed by atoms with Gasteiger partial charge in [0.15, 0.2) is 5.82 Å². The van der Waals surface area contributed by atoms with Crippen molar-refractivity contribution in [1.29, 1.82) is 0 Å². The smallest absolute Gasteiger partial charge is 0.151 e. The van der Waals surface area contributed by atoms with Crippen LogP contribution in [0.5, 0.6) is 0 Å². The van der Waals surface area contributed by atoms with Gasteiger partial charge in [0.05, 0.1) is 5.69 Å². The fraction of sp³-hybridized carbons (Fsp3) is 0.250. The molecule has 1 aromatic heterocycles. The zero-order chi connectivity index (χ0) is 11.5. The van der Waals surface area contributed by atoms with E-state index in [9.17, 15) is 0 Å². The molecule has 2 N–H and O–H groups in total. The highest BCUT2D eigenvalue weighted by Gasteiger charge is 2.09. The van der Waals surface area contributed by atoms with Gasteiger partial charge in [-0.25, -0.2) is 0 Å². The minimum Gasteiger partial charge on any atom is -0.369 e. The molecule has 0 bridgehead atoms. The van der Waals surface area contributed by atoms with Crippen molar-refractivity contribution >= 4 is 17.4 Å². The van der Waals surface area contributed by atoms with Crippen LogP contribution in [0.15, 0.2) is 24.3 Å². The van der Waals surface area contributed by atoms with Crippen molar-refractivity contribution in [2.75, 3.05) is 11.9 Å². The van der Waals surface area contributed by atoms with Crippen molar-refractivity contribution in [2.24, 2.45) is 0 Å². The summed E-state index contributed by atoms with van der Waals surface area (Å²) in [6, 6.07) is 7.74. The van der Waals surface area contributed by atoms with Crippen molar-refractivity contribution in [1.82, 2.24) is 10.2 Å². The molecule has 84 valence electrons. The molecule has 1 heterocycles. The number of rotatable bonds is 3. The third-order valence-electron chi connectivity index (χ3n) is 2.47. The molecule has 0 atom stereocenters. The molecule has 0 saturated heterocycles. The number of aromatic amines is 1. The number of halogens is 1. The van der Waals surface area contributed by atoms with Crippen molar-refractivity contribution in [3.05, 3.63) is 34.9 Å². The normalized spacial score (nSPS) is 10.4. The molecule has 0 saturated carbocycles. The molecule has 0 aliphatic carbocycles. The van der Waals surface area contributed by atoms with Crippen LogP contribution >= 0.6 is 11.6 Å². The van der Waals surface area contributed by atoms with Gasteiger partial charge in [-0.05, 0) is 26.0 Å². The van der Waals surface area contributed by atoms with Gasteiger partial charge in [0.25, 0.3) is 0 Å². The molecule has 0 spiro atoms. The van der Waals surface area contributed by atoms with Crippen LogP contribution in [0, 0.1) is 6.92 Å². The molecule has 2 rings (SSSR count). The van der Waals surface area contributed by atoms with Gasteiger partial charge in [0.2, 0.25) is 0 Å². The van der Waals surface area contributed by atoms with Crippen molar-refractivity contribution in [2.45, 2.75) is 13.8 Å². The first-order valence-corrected chi connectivity index (χ1v) is 5.65. The lowest BCUT2D eigenvalue weighted by Gasteiger charge is -2.01. The van der Waals surface area contributed by atoms with E-state index < -0.39 is 0 Å². The van der Waals surface area contributed by atoms with Gasteiger partial charge in [-0.1, -0.05) is 23.7 Å². The highest BCUT2D eigenvalue weighted by molar-refractivity contribution is 6.30. The zero-order valence-corrected chi connectivity index (χ0v) is 10.1. The molecule has 2 aromatic rings. The number of nitrogens with one attached hydrogen (secondary N) is 2. The number of nitrogens with zero attached hydrogens (tertiary/aromatic N) is 1. The number of benzene rings is 1. The summed E-state index contributed by atoms with van der Waals surface area (Å²) in [5, 5.41) is 11.2. The van der Waals surface area contributed by atoms with Crippen LogP contribution in [0.3, 0.4) is 0 Å². The van der Waals surface area contributed by atoms with Gasteiger partial charge in [-0.15, -0.1) is 0 Å². The van der Waals surface area contributed by atoms with E-state index in [1.54, 1.807) is 0 Å². The molecule has 1 aromatic carbocycles. The third kappa shape index (κ3) is 2.04. The Kier molecular flexibility index (Phi) is 3.15. The van der Waals surface area contributed by atoms with Gasteiger partial charge in [-0.3, -0.25) is 5.10 Å². The summed E-state index contributed by atoms with van der Waals surface area (Å²) in [6.07, 6.45) is 0. The van der Waals surface area contributed by atoms with E-state index in [1.165, 1.54) is 0 Å². The number of aromatic nitrogens is 2. The minimum absolute atomic E-state index is 0.733. The van der Waals surface area contributed by atoms with E-state index in [0.29, 0.717) is 0 Å². The maximum atomic E-state index is 5.97. The number of H-pyrrole nitrogens is 1. The molecule has 0 fully saturated rings. The van der Waals surface area contributed by atoms with Gasteiger partial charge in [0.1, 0.15) is 0 Å². The molecule has 0 aliphatic heterocycles. The summed E-state index contributed by atoms with van der Waals surface area (Å²) >= 11 is 5.97. The first-order chi connectivity index (χ1) is 7.72. The molecular weight excluding hydrogens is 222 g/mol. The Bertz CT molecular complexity index is 491. The fourth-order valence-electron chi connectivity index (χ4n) is 1.66. The van der Waals surface area contributed by atoms with Crippen LogP contribution in [0.2, 0.25) is 5.02 Å². The van der Waals surface area contributed by atoms with Crippen LogP contribution in [0.4, 0.5) is 5.82 Å². The summed E-state index contributed by atoms with van der Waals surface area (Å²) in [5.74, 6) is 0.900. The maximum absolute atomic E-state index is 5.97. The van der Waals surface area contributed by atoms with E-state index >= 15 is 0 Å². The van der Waals surface area contributed by atoms with Crippen LogP contribution in [0.1, 0.15) is 12.5 Å². The zero-order valence-electron chi connectivity index (χ0n) is 9.34. The van der Waals surface area contributed by atoms with Gasteiger partial charge >= 0.3 is 0 Å². The Balaban J connectivity index is 2.41. The van der Waals surface area contributed by atoms with Crippen LogP contribution in [0.25, 0.3) is 11.3 Å². The second-order valence-corrected chi connectivity index (χ2v) is 4.05. The van der Waals surface area contributed by atoms with Crippen molar-refractivity contribution < 1.29 is 0 Å². The van der Waals surface area contributed by atoms with Gasteiger partial charge < -0.3 is 5.32 Å². The SMILES string of the molecule is CCNc1n[nH]c(-c2cccc(Cl)c2)c1C. The Morgan fingerprint density at radius 2 is 2.25 bits per heavy atom. The Hall–Kier alpha value is -1.48. The van der Waals surface area contributed by atoms with E-state index in [4.69, 9.17) is 11.6 Å². The predicted octanol–water partition coefficient (Wildman–Crippen LogP) is 3.47. The van der Waals surface area contributed by atoms with Gasteiger partial charge in [-0.2, -0.15) is 5.10 Å². The largest absolute Gasteiger partial charge is 0.369 e. The molecule has 0 amide bonds. The Labute approximate surface area is 99.8 Å². The molecule has 0 aliphatic rings. The number of anilines is 1. The second kappa shape index (κ2) is 4.58. The monoisotopic (exact) mass is 235 g/mol. The topological polar surface area (TPSA) is 40.7 Å². The second-order valence-electron chi connectivity index (χ2n) is 3.61.